The first-order valence-corrected chi connectivity index (χ1v) is 8.31. The van der Waals surface area contributed by atoms with Crippen LogP contribution in [-0.2, 0) is 9.59 Å². The Morgan fingerprint density at radius 1 is 1.00 bits per heavy atom. The number of aliphatic carboxylic acids is 2. The standard InChI is InChI=1S/C21H17NO6/c1-22(2)13-8-9-14-17(10-13)28-19(12-6-4-3-5-7-12)15(18(14)23)11-16(20(24)25)21(26)27/h3-11H,1-2H3,(H,24,25)(H,26,27). The van der Waals surface area contributed by atoms with Crippen LogP contribution >= 0.6 is 0 Å². The zero-order chi connectivity index (χ0) is 20.4. The van der Waals surface area contributed by atoms with E-state index in [0.717, 1.165) is 11.8 Å². The van der Waals surface area contributed by atoms with E-state index in [9.17, 15) is 24.6 Å². The van der Waals surface area contributed by atoms with Crippen LogP contribution in [0.2, 0.25) is 0 Å². The van der Waals surface area contributed by atoms with Gasteiger partial charge in [0.25, 0.3) is 0 Å². The Morgan fingerprint density at radius 2 is 1.64 bits per heavy atom. The molecule has 142 valence electrons. The lowest BCUT2D eigenvalue weighted by Gasteiger charge is -2.14. The summed E-state index contributed by atoms with van der Waals surface area (Å²) in [5.74, 6) is -3.18. The summed E-state index contributed by atoms with van der Waals surface area (Å²) in [6.45, 7) is 0. The molecular formula is C21H17NO6. The van der Waals surface area contributed by atoms with Gasteiger partial charge in [0.2, 0.25) is 5.43 Å². The highest BCUT2D eigenvalue weighted by Gasteiger charge is 2.21. The van der Waals surface area contributed by atoms with Gasteiger partial charge in [0.15, 0.2) is 0 Å². The summed E-state index contributed by atoms with van der Waals surface area (Å²) in [5.41, 5.74) is 0.0995. The van der Waals surface area contributed by atoms with Crippen molar-refractivity contribution in [3.8, 4) is 11.3 Å². The first-order chi connectivity index (χ1) is 13.3. The van der Waals surface area contributed by atoms with E-state index in [1.807, 2.05) is 19.0 Å². The summed E-state index contributed by atoms with van der Waals surface area (Å²) >= 11 is 0. The van der Waals surface area contributed by atoms with E-state index >= 15 is 0 Å². The third-order valence-electron chi connectivity index (χ3n) is 4.21. The van der Waals surface area contributed by atoms with Crippen molar-refractivity contribution in [1.82, 2.24) is 0 Å². The van der Waals surface area contributed by atoms with Gasteiger partial charge in [0.05, 0.1) is 10.9 Å². The fourth-order valence-electron chi connectivity index (χ4n) is 2.77. The second-order valence-electron chi connectivity index (χ2n) is 6.28. The molecule has 1 heterocycles. The van der Waals surface area contributed by atoms with Crippen molar-refractivity contribution in [2.45, 2.75) is 0 Å². The highest BCUT2D eigenvalue weighted by atomic mass is 16.4. The Balaban J connectivity index is 2.41. The summed E-state index contributed by atoms with van der Waals surface area (Å²) in [6, 6.07) is 13.6. The van der Waals surface area contributed by atoms with E-state index in [2.05, 4.69) is 0 Å². The maximum atomic E-state index is 13.1. The maximum Gasteiger partial charge on any atom is 0.343 e. The Labute approximate surface area is 159 Å². The Kier molecular flexibility index (Phi) is 5.00. The van der Waals surface area contributed by atoms with Crippen molar-refractivity contribution in [1.29, 1.82) is 0 Å². The summed E-state index contributed by atoms with van der Waals surface area (Å²) in [7, 11) is 3.70. The van der Waals surface area contributed by atoms with E-state index < -0.39 is 22.9 Å². The number of carboxylic acids is 2. The van der Waals surface area contributed by atoms with E-state index in [0.29, 0.717) is 11.1 Å². The smallest absolute Gasteiger partial charge is 0.343 e. The number of hydrogen-bond donors (Lipinski definition) is 2. The predicted octanol–water partition coefficient (Wildman–Crippen LogP) is 3.08. The van der Waals surface area contributed by atoms with Crippen molar-refractivity contribution in [2.24, 2.45) is 0 Å². The van der Waals surface area contributed by atoms with Crippen LogP contribution in [-0.4, -0.2) is 36.2 Å². The van der Waals surface area contributed by atoms with Gasteiger partial charge < -0.3 is 19.5 Å². The van der Waals surface area contributed by atoms with Gasteiger partial charge in [0.1, 0.15) is 16.9 Å². The summed E-state index contributed by atoms with van der Waals surface area (Å²) in [6.07, 6.45) is 0.845. The number of carboxylic acid groups (broad SMARTS) is 2. The minimum absolute atomic E-state index is 0.106. The molecule has 0 aliphatic carbocycles. The number of rotatable bonds is 5. The van der Waals surface area contributed by atoms with Crippen LogP contribution in [0.3, 0.4) is 0 Å². The molecule has 2 aromatic carbocycles. The molecular weight excluding hydrogens is 362 g/mol. The molecule has 0 saturated carbocycles. The maximum absolute atomic E-state index is 13.1. The summed E-state index contributed by atoms with van der Waals surface area (Å²) < 4.78 is 5.95. The van der Waals surface area contributed by atoms with Crippen molar-refractivity contribution in [3.05, 3.63) is 69.9 Å². The molecule has 0 bridgehead atoms. The zero-order valence-corrected chi connectivity index (χ0v) is 15.2. The monoisotopic (exact) mass is 379 g/mol. The first-order valence-electron chi connectivity index (χ1n) is 8.31. The molecule has 0 unspecified atom stereocenters. The van der Waals surface area contributed by atoms with E-state index in [1.54, 1.807) is 48.5 Å². The minimum Gasteiger partial charge on any atom is -0.477 e. The highest BCUT2D eigenvalue weighted by molar-refractivity contribution is 6.16. The van der Waals surface area contributed by atoms with Crippen LogP contribution in [0.5, 0.6) is 0 Å². The van der Waals surface area contributed by atoms with Crippen LogP contribution in [0.1, 0.15) is 5.56 Å². The number of carbonyl (C=O) groups is 2. The average molecular weight is 379 g/mol. The summed E-state index contributed by atoms with van der Waals surface area (Å²) in [5, 5.41) is 18.6. The third-order valence-corrected chi connectivity index (χ3v) is 4.21. The number of hydrogen-bond acceptors (Lipinski definition) is 5. The molecule has 0 radical (unpaired) electrons. The quantitative estimate of drug-likeness (QED) is 0.398. The number of benzene rings is 2. The fraction of sp³-hybridized carbons (Fsp3) is 0.0952. The van der Waals surface area contributed by atoms with Crippen LogP contribution in [0.15, 0.2) is 63.3 Å². The molecule has 0 aliphatic heterocycles. The van der Waals surface area contributed by atoms with E-state index in [-0.39, 0.29) is 16.7 Å². The molecule has 3 rings (SSSR count). The lowest BCUT2D eigenvalue weighted by atomic mass is 10.0. The molecule has 0 saturated heterocycles. The molecule has 0 aliphatic rings. The van der Waals surface area contributed by atoms with Gasteiger partial charge in [-0.25, -0.2) is 9.59 Å². The minimum atomic E-state index is -1.64. The lowest BCUT2D eigenvalue weighted by molar-refractivity contribution is -0.140. The topological polar surface area (TPSA) is 108 Å². The second-order valence-corrected chi connectivity index (χ2v) is 6.28. The molecule has 7 heteroatoms. The van der Waals surface area contributed by atoms with Gasteiger partial charge in [-0.15, -0.1) is 0 Å². The molecule has 0 amide bonds. The summed E-state index contributed by atoms with van der Waals surface area (Å²) in [4.78, 5) is 37.5. The fourth-order valence-corrected chi connectivity index (χ4v) is 2.77. The molecule has 7 nitrogen and oxygen atoms in total. The first kappa shape index (κ1) is 18.9. The normalized spacial score (nSPS) is 10.5. The van der Waals surface area contributed by atoms with Crippen LogP contribution < -0.4 is 10.3 Å². The molecule has 28 heavy (non-hydrogen) atoms. The van der Waals surface area contributed by atoms with Gasteiger partial charge in [-0.2, -0.15) is 0 Å². The average Bonchev–Trinajstić information content (AvgIpc) is 2.66. The number of anilines is 1. The highest BCUT2D eigenvalue weighted by Crippen LogP contribution is 2.29. The molecule has 3 aromatic rings. The number of fused-ring (bicyclic) bond motifs is 1. The SMILES string of the molecule is CN(C)c1ccc2c(=O)c(C=C(C(=O)O)C(=O)O)c(-c3ccccc3)oc2c1. The molecule has 0 fully saturated rings. The third kappa shape index (κ3) is 3.50. The largest absolute Gasteiger partial charge is 0.477 e. The number of nitrogens with zero attached hydrogens (tertiary/aromatic N) is 1. The van der Waals surface area contributed by atoms with E-state index in [1.165, 1.54) is 0 Å². The Bertz CT molecular complexity index is 1140. The van der Waals surface area contributed by atoms with Crippen molar-refractivity contribution < 1.29 is 24.2 Å². The molecule has 1 aromatic heterocycles. The van der Waals surface area contributed by atoms with Crippen molar-refractivity contribution >= 4 is 34.7 Å². The van der Waals surface area contributed by atoms with Gasteiger partial charge in [-0.3, -0.25) is 4.79 Å². The molecule has 0 atom stereocenters. The van der Waals surface area contributed by atoms with Crippen molar-refractivity contribution in [2.75, 3.05) is 19.0 Å². The van der Waals surface area contributed by atoms with Gasteiger partial charge in [0, 0.05) is 31.4 Å². The van der Waals surface area contributed by atoms with Crippen LogP contribution in [0.25, 0.3) is 28.4 Å². The van der Waals surface area contributed by atoms with E-state index in [4.69, 9.17) is 4.42 Å². The van der Waals surface area contributed by atoms with Crippen LogP contribution in [0.4, 0.5) is 5.69 Å². The Morgan fingerprint density at radius 3 is 2.21 bits per heavy atom. The zero-order valence-electron chi connectivity index (χ0n) is 15.2. The van der Waals surface area contributed by atoms with Gasteiger partial charge in [-0.05, 0) is 18.2 Å². The second kappa shape index (κ2) is 7.40. The lowest BCUT2D eigenvalue weighted by Crippen LogP contribution is -2.14. The molecule has 0 spiro atoms. The molecule has 2 N–H and O–H groups in total. The van der Waals surface area contributed by atoms with Crippen molar-refractivity contribution in [3.63, 3.8) is 0 Å². The van der Waals surface area contributed by atoms with Gasteiger partial charge in [-0.1, -0.05) is 30.3 Å². The van der Waals surface area contributed by atoms with Crippen LogP contribution in [0, 0.1) is 0 Å². The Hall–Kier alpha value is -3.87. The predicted molar refractivity (Wildman–Crippen MR) is 105 cm³/mol. The van der Waals surface area contributed by atoms with Gasteiger partial charge >= 0.3 is 11.9 Å².